The summed E-state index contributed by atoms with van der Waals surface area (Å²) < 4.78 is 6.52. The van der Waals surface area contributed by atoms with E-state index in [-0.39, 0.29) is 12.0 Å². The van der Waals surface area contributed by atoms with Crippen molar-refractivity contribution in [3.63, 3.8) is 0 Å². The van der Waals surface area contributed by atoms with E-state index < -0.39 is 11.8 Å². The van der Waals surface area contributed by atoms with Gasteiger partial charge in [0.1, 0.15) is 5.82 Å². The number of ether oxygens (including phenoxy) is 1. The van der Waals surface area contributed by atoms with Crippen molar-refractivity contribution in [1.82, 2.24) is 14.9 Å². The van der Waals surface area contributed by atoms with Crippen LogP contribution < -0.4 is 11.1 Å². The first-order valence-electron chi connectivity index (χ1n) is 10.1. The summed E-state index contributed by atoms with van der Waals surface area (Å²) in [4.78, 5) is 36.2. The van der Waals surface area contributed by atoms with Crippen LogP contribution in [0.3, 0.4) is 0 Å². The zero-order chi connectivity index (χ0) is 22.1. The Morgan fingerprint density at radius 2 is 2.00 bits per heavy atom. The van der Waals surface area contributed by atoms with Gasteiger partial charge in [-0.1, -0.05) is 19.9 Å². The van der Waals surface area contributed by atoms with Gasteiger partial charge in [0.15, 0.2) is 0 Å². The summed E-state index contributed by atoms with van der Waals surface area (Å²) in [6.07, 6.45) is 1.47. The topological polar surface area (TPSA) is 110 Å². The molecule has 2 aromatic heterocycles. The molecule has 4 rings (SSSR count). The fourth-order valence-electron chi connectivity index (χ4n) is 3.56. The average Bonchev–Trinajstić information content (AvgIpc) is 3.42. The van der Waals surface area contributed by atoms with Gasteiger partial charge in [-0.2, -0.15) is 0 Å². The van der Waals surface area contributed by atoms with Gasteiger partial charge in [-0.05, 0) is 30.5 Å². The van der Waals surface area contributed by atoms with E-state index in [0.29, 0.717) is 31.3 Å². The van der Waals surface area contributed by atoms with Crippen LogP contribution in [0, 0.1) is 5.92 Å². The molecule has 3 heterocycles. The summed E-state index contributed by atoms with van der Waals surface area (Å²) in [5.41, 5.74) is 11.5. The number of carbonyl (C=O) groups is 2. The van der Waals surface area contributed by atoms with Crippen LogP contribution in [-0.2, 0) is 34.1 Å². The number of fused-ring (bicyclic) bond motifs is 2. The number of benzene rings is 1. The number of rotatable bonds is 5. The third-order valence-corrected chi connectivity index (χ3v) is 6.54. The number of nitrogens with one attached hydrogen (secondary N) is 1. The van der Waals surface area contributed by atoms with E-state index in [9.17, 15) is 9.59 Å². The molecule has 0 bridgehead atoms. The number of carbonyl (C=O) groups excluding carboxylic acids is 2. The molecule has 31 heavy (non-hydrogen) atoms. The molecule has 0 saturated carbocycles. The highest BCUT2D eigenvalue weighted by Crippen LogP contribution is 2.30. The summed E-state index contributed by atoms with van der Waals surface area (Å²) in [6.45, 7) is 7.00. The fourth-order valence-corrected chi connectivity index (χ4v) is 4.22. The van der Waals surface area contributed by atoms with E-state index in [2.05, 4.69) is 15.3 Å². The predicted molar refractivity (Wildman–Crippen MR) is 120 cm³/mol. The third-order valence-electron chi connectivity index (χ3n) is 5.73. The quantitative estimate of drug-likeness (QED) is 0.590. The van der Waals surface area contributed by atoms with E-state index in [1.165, 1.54) is 6.20 Å². The second-order valence-electron chi connectivity index (χ2n) is 8.03. The maximum absolute atomic E-state index is 13.2. The minimum atomic E-state index is -0.706. The molecule has 1 aliphatic rings. The van der Waals surface area contributed by atoms with Crippen LogP contribution in [0.4, 0.5) is 11.5 Å². The monoisotopic (exact) mass is 439 g/mol. The number of amides is 2. The van der Waals surface area contributed by atoms with Gasteiger partial charge in [0, 0.05) is 23.7 Å². The first-order valence-corrected chi connectivity index (χ1v) is 11.0. The van der Waals surface area contributed by atoms with Gasteiger partial charge in [0.25, 0.3) is 0 Å². The first-order chi connectivity index (χ1) is 14.8. The van der Waals surface area contributed by atoms with Gasteiger partial charge in [-0.25, -0.2) is 9.97 Å². The maximum Gasteiger partial charge on any atom is 0.313 e. The van der Waals surface area contributed by atoms with Crippen LogP contribution in [0.25, 0.3) is 10.2 Å². The Morgan fingerprint density at radius 1 is 1.23 bits per heavy atom. The molecule has 0 saturated heterocycles. The minimum Gasteiger partial charge on any atom is -0.383 e. The van der Waals surface area contributed by atoms with Crippen LogP contribution in [0.15, 0.2) is 29.9 Å². The zero-order valence-electron chi connectivity index (χ0n) is 17.7. The van der Waals surface area contributed by atoms with Gasteiger partial charge in [-0.15, -0.1) is 11.3 Å². The second kappa shape index (κ2) is 8.60. The SMILES string of the molecule is CC(C)[C@@H](C)N(Cc1ccc2scnc2c1)C(=O)C(=O)Nc1cnc(N)c2c1COC2. The number of nitrogens with zero attached hydrogens (tertiary/aromatic N) is 3. The lowest BCUT2D eigenvalue weighted by molar-refractivity contribution is -0.145. The Hall–Kier alpha value is -3.04. The van der Waals surface area contributed by atoms with Crippen molar-refractivity contribution in [2.75, 3.05) is 11.1 Å². The van der Waals surface area contributed by atoms with Gasteiger partial charge in [0.05, 0.1) is 40.8 Å². The lowest BCUT2D eigenvalue weighted by Gasteiger charge is -2.31. The molecule has 2 amide bonds. The third kappa shape index (κ3) is 4.24. The maximum atomic E-state index is 13.2. The predicted octanol–water partition coefficient (Wildman–Crippen LogP) is 3.32. The van der Waals surface area contributed by atoms with E-state index in [1.54, 1.807) is 21.7 Å². The molecule has 0 fully saturated rings. The Kier molecular flexibility index (Phi) is 5.88. The van der Waals surface area contributed by atoms with E-state index in [0.717, 1.165) is 26.9 Å². The highest BCUT2D eigenvalue weighted by Gasteiger charge is 2.29. The molecule has 9 heteroatoms. The molecule has 3 N–H and O–H groups in total. The molecule has 3 aromatic rings. The largest absolute Gasteiger partial charge is 0.383 e. The molecule has 162 valence electrons. The summed E-state index contributed by atoms with van der Waals surface area (Å²) in [6, 6.07) is 5.79. The van der Waals surface area contributed by atoms with Crippen LogP contribution in [-0.4, -0.2) is 32.7 Å². The summed E-state index contributed by atoms with van der Waals surface area (Å²) >= 11 is 1.57. The van der Waals surface area contributed by atoms with Crippen molar-refractivity contribution < 1.29 is 14.3 Å². The molecular formula is C22H25N5O3S. The summed E-state index contributed by atoms with van der Waals surface area (Å²) in [5, 5.41) is 2.72. The average molecular weight is 440 g/mol. The second-order valence-corrected chi connectivity index (χ2v) is 8.92. The Morgan fingerprint density at radius 3 is 2.77 bits per heavy atom. The van der Waals surface area contributed by atoms with E-state index in [4.69, 9.17) is 10.5 Å². The normalized spacial score (nSPS) is 13.9. The molecular weight excluding hydrogens is 414 g/mol. The van der Waals surface area contributed by atoms with Gasteiger partial charge in [0.2, 0.25) is 0 Å². The summed E-state index contributed by atoms with van der Waals surface area (Å²) in [7, 11) is 0. The van der Waals surface area contributed by atoms with Crippen molar-refractivity contribution in [3.05, 3.63) is 46.6 Å². The van der Waals surface area contributed by atoms with Gasteiger partial charge >= 0.3 is 11.8 Å². The number of nitrogens with two attached hydrogens (primary N) is 1. The lowest BCUT2D eigenvalue weighted by atomic mass is 10.0. The van der Waals surface area contributed by atoms with Crippen molar-refractivity contribution in [2.45, 2.75) is 46.6 Å². The van der Waals surface area contributed by atoms with Crippen molar-refractivity contribution in [2.24, 2.45) is 5.92 Å². The van der Waals surface area contributed by atoms with Crippen molar-refractivity contribution in [3.8, 4) is 0 Å². The number of nitrogen functional groups attached to an aromatic ring is 1. The van der Waals surface area contributed by atoms with E-state index in [1.807, 2.05) is 39.0 Å². The molecule has 1 aromatic carbocycles. The Labute approximate surface area is 184 Å². The standard InChI is InChI=1S/C22H25N5O3S/c1-12(2)13(3)27(8-14-4-5-19-17(6-14)25-11-31-19)22(29)21(28)26-18-7-24-20(23)16-10-30-9-15(16)18/h4-7,11-13H,8-10H2,1-3H3,(H2,23,24)(H,26,28)/t13-/m1/s1. The van der Waals surface area contributed by atoms with Gasteiger partial charge < -0.3 is 20.7 Å². The Balaban J connectivity index is 1.57. The van der Waals surface area contributed by atoms with Crippen LogP contribution in [0.5, 0.6) is 0 Å². The smallest absolute Gasteiger partial charge is 0.313 e. The highest BCUT2D eigenvalue weighted by atomic mass is 32.1. The molecule has 0 spiro atoms. The highest BCUT2D eigenvalue weighted by molar-refractivity contribution is 7.16. The van der Waals surface area contributed by atoms with Crippen LogP contribution in [0.2, 0.25) is 0 Å². The minimum absolute atomic E-state index is 0.136. The molecule has 0 aliphatic carbocycles. The number of hydrogen-bond acceptors (Lipinski definition) is 7. The number of hydrogen-bond donors (Lipinski definition) is 2. The van der Waals surface area contributed by atoms with Crippen LogP contribution >= 0.6 is 11.3 Å². The number of thiazole rings is 1. The molecule has 1 atom stereocenters. The van der Waals surface area contributed by atoms with Crippen molar-refractivity contribution in [1.29, 1.82) is 0 Å². The first kappa shape index (κ1) is 21.2. The lowest BCUT2D eigenvalue weighted by Crippen LogP contribution is -2.46. The number of anilines is 2. The number of pyridine rings is 1. The van der Waals surface area contributed by atoms with E-state index >= 15 is 0 Å². The van der Waals surface area contributed by atoms with Gasteiger partial charge in [-0.3, -0.25) is 9.59 Å². The molecule has 0 unspecified atom stereocenters. The summed E-state index contributed by atoms with van der Waals surface area (Å²) in [5.74, 6) is -0.744. The van der Waals surface area contributed by atoms with Crippen LogP contribution in [0.1, 0.15) is 37.5 Å². The fraction of sp³-hybridized carbons (Fsp3) is 0.364. The molecule has 0 radical (unpaired) electrons. The number of aromatic nitrogens is 2. The molecule has 8 nitrogen and oxygen atoms in total. The van der Waals surface area contributed by atoms with Crippen molar-refractivity contribution >= 4 is 44.9 Å². The Bertz CT molecular complexity index is 1140. The zero-order valence-corrected chi connectivity index (χ0v) is 18.5. The molecule has 1 aliphatic heterocycles.